The number of nitrogen functional groups attached to an aromatic ring is 1. The number of rotatable bonds is 8. The number of amides is 1. The van der Waals surface area contributed by atoms with Crippen LogP contribution in [0.2, 0.25) is 0 Å². The number of carbonyl (C=O) groups is 2. The molecule has 0 bridgehead atoms. The normalized spacial score (nSPS) is 12.4. The predicted octanol–water partition coefficient (Wildman–Crippen LogP) is 2.18. The maximum absolute atomic E-state index is 12.8. The van der Waals surface area contributed by atoms with Gasteiger partial charge in [-0.25, -0.2) is 0 Å². The number of methoxy groups -OCH3 is 1. The Morgan fingerprint density at radius 2 is 1.74 bits per heavy atom. The number of aromatic hydroxyl groups is 1. The Morgan fingerprint density at radius 1 is 1.09 bits per heavy atom. The molecule has 1 aromatic heterocycles. The summed E-state index contributed by atoms with van der Waals surface area (Å²) in [5, 5.41) is 20.6. The molecule has 176 valence electrons. The Labute approximate surface area is 196 Å². The van der Waals surface area contributed by atoms with Gasteiger partial charge in [0.1, 0.15) is 11.6 Å². The maximum Gasteiger partial charge on any atom is 0.311 e. The molecule has 6 N–H and O–H groups in total. The summed E-state index contributed by atoms with van der Waals surface area (Å²) in [5.74, 6) is -1.93. The van der Waals surface area contributed by atoms with Crippen LogP contribution < -0.4 is 16.6 Å². The molecule has 2 atom stereocenters. The van der Waals surface area contributed by atoms with Crippen molar-refractivity contribution < 1.29 is 19.4 Å². The number of pyridine rings is 1. The van der Waals surface area contributed by atoms with Crippen molar-refractivity contribution in [1.82, 2.24) is 10.3 Å². The fourth-order valence-corrected chi connectivity index (χ4v) is 3.56. The van der Waals surface area contributed by atoms with Crippen LogP contribution in [0, 0.1) is 11.3 Å². The highest BCUT2D eigenvalue weighted by Gasteiger charge is 2.29. The van der Waals surface area contributed by atoms with Gasteiger partial charge in [-0.05, 0) is 66.4 Å². The van der Waals surface area contributed by atoms with Crippen molar-refractivity contribution in [2.75, 3.05) is 7.11 Å². The SMILES string of the molecule is COC(=O)C(Cc1cc(C(=N)N)ccc1O)C(C)NC(=O)c1ccc(-c2ccc(=O)[nH]c2)cc1. The number of aromatic nitrogens is 1. The number of phenols is 1. The number of phenolic OH excluding ortho intramolecular Hbond substituents is 1. The van der Waals surface area contributed by atoms with Crippen molar-refractivity contribution >= 4 is 17.7 Å². The van der Waals surface area contributed by atoms with Crippen molar-refractivity contribution in [3.63, 3.8) is 0 Å². The number of aromatic amines is 1. The first-order valence-electron chi connectivity index (χ1n) is 10.5. The van der Waals surface area contributed by atoms with Crippen LogP contribution in [0.4, 0.5) is 0 Å². The van der Waals surface area contributed by atoms with Gasteiger partial charge in [0.15, 0.2) is 0 Å². The molecule has 1 heterocycles. The fourth-order valence-electron chi connectivity index (χ4n) is 3.56. The number of H-pyrrole nitrogens is 1. The molecule has 0 aliphatic carbocycles. The van der Waals surface area contributed by atoms with Gasteiger partial charge < -0.3 is 25.9 Å². The van der Waals surface area contributed by atoms with Gasteiger partial charge in [0.05, 0.1) is 13.0 Å². The quantitative estimate of drug-likeness (QED) is 0.196. The Kier molecular flexibility index (Phi) is 7.47. The first kappa shape index (κ1) is 24.2. The highest BCUT2D eigenvalue weighted by Crippen LogP contribution is 2.24. The Bertz CT molecular complexity index is 1250. The van der Waals surface area contributed by atoms with E-state index >= 15 is 0 Å². The summed E-state index contributed by atoms with van der Waals surface area (Å²) >= 11 is 0. The lowest BCUT2D eigenvalue weighted by atomic mass is 9.91. The van der Waals surface area contributed by atoms with Gasteiger partial charge >= 0.3 is 5.97 Å². The lowest BCUT2D eigenvalue weighted by molar-refractivity contribution is -0.146. The summed E-state index contributed by atoms with van der Waals surface area (Å²) in [6, 6.07) is 13.8. The molecular formula is C25H26N4O5. The number of esters is 1. The molecule has 3 aromatic rings. The van der Waals surface area contributed by atoms with Crippen molar-refractivity contribution in [2.45, 2.75) is 19.4 Å². The highest BCUT2D eigenvalue weighted by molar-refractivity contribution is 5.96. The minimum absolute atomic E-state index is 0.0460. The van der Waals surface area contributed by atoms with E-state index < -0.39 is 17.9 Å². The third kappa shape index (κ3) is 5.69. The van der Waals surface area contributed by atoms with E-state index in [1.54, 1.807) is 43.5 Å². The number of hydrogen-bond acceptors (Lipinski definition) is 6. The van der Waals surface area contributed by atoms with E-state index in [1.165, 1.54) is 31.4 Å². The van der Waals surface area contributed by atoms with Crippen LogP contribution in [0.15, 0.2) is 65.6 Å². The van der Waals surface area contributed by atoms with Gasteiger partial charge in [0.2, 0.25) is 5.56 Å². The van der Waals surface area contributed by atoms with E-state index in [9.17, 15) is 19.5 Å². The summed E-state index contributed by atoms with van der Waals surface area (Å²) < 4.78 is 4.92. The second-order valence-electron chi connectivity index (χ2n) is 7.87. The zero-order chi connectivity index (χ0) is 24.8. The lowest BCUT2D eigenvalue weighted by Gasteiger charge is -2.23. The molecule has 0 spiro atoms. The maximum atomic E-state index is 12.8. The zero-order valence-electron chi connectivity index (χ0n) is 18.8. The van der Waals surface area contributed by atoms with E-state index in [-0.39, 0.29) is 29.5 Å². The first-order valence-corrected chi connectivity index (χ1v) is 10.5. The Balaban J connectivity index is 1.76. The van der Waals surface area contributed by atoms with Crippen LogP contribution >= 0.6 is 0 Å². The van der Waals surface area contributed by atoms with Gasteiger partial charge in [-0.3, -0.25) is 19.8 Å². The lowest BCUT2D eigenvalue weighted by Crippen LogP contribution is -2.42. The molecule has 0 saturated carbocycles. The highest BCUT2D eigenvalue weighted by atomic mass is 16.5. The molecule has 3 rings (SSSR count). The summed E-state index contributed by atoms with van der Waals surface area (Å²) in [6.07, 6.45) is 1.67. The number of hydrogen-bond donors (Lipinski definition) is 5. The molecule has 1 amide bonds. The summed E-state index contributed by atoms with van der Waals surface area (Å²) in [5.41, 5.74) is 8.18. The van der Waals surface area contributed by atoms with Gasteiger partial charge in [0.25, 0.3) is 5.91 Å². The Hall–Kier alpha value is -4.40. The molecule has 34 heavy (non-hydrogen) atoms. The first-order chi connectivity index (χ1) is 16.2. The van der Waals surface area contributed by atoms with Crippen molar-refractivity contribution in [2.24, 2.45) is 11.7 Å². The van der Waals surface area contributed by atoms with Gasteiger partial charge in [0, 0.05) is 29.4 Å². The van der Waals surface area contributed by atoms with Crippen LogP contribution in [-0.4, -0.2) is 41.0 Å². The van der Waals surface area contributed by atoms with Gasteiger partial charge in [-0.1, -0.05) is 12.1 Å². The topological polar surface area (TPSA) is 158 Å². The van der Waals surface area contributed by atoms with Crippen molar-refractivity contribution in [3.8, 4) is 16.9 Å². The third-order valence-electron chi connectivity index (χ3n) is 5.56. The zero-order valence-corrected chi connectivity index (χ0v) is 18.8. The number of amidine groups is 1. The number of carbonyl (C=O) groups excluding carboxylic acids is 2. The summed E-state index contributed by atoms with van der Waals surface area (Å²) in [7, 11) is 1.26. The number of nitrogens with two attached hydrogens (primary N) is 1. The fraction of sp³-hybridized carbons (Fsp3) is 0.200. The van der Waals surface area contributed by atoms with Crippen LogP contribution in [0.3, 0.4) is 0 Å². The van der Waals surface area contributed by atoms with Crippen LogP contribution in [-0.2, 0) is 16.0 Å². The molecule has 0 radical (unpaired) electrons. The summed E-state index contributed by atoms with van der Waals surface area (Å²) in [6.45, 7) is 1.68. The van der Waals surface area contributed by atoms with E-state index in [0.717, 1.165) is 11.1 Å². The molecule has 0 aliphatic rings. The third-order valence-corrected chi connectivity index (χ3v) is 5.56. The average Bonchev–Trinajstić information content (AvgIpc) is 2.83. The van der Waals surface area contributed by atoms with E-state index in [0.29, 0.717) is 16.7 Å². The minimum atomic E-state index is -0.789. The second-order valence-corrected chi connectivity index (χ2v) is 7.87. The molecular weight excluding hydrogens is 436 g/mol. The van der Waals surface area contributed by atoms with Gasteiger partial charge in [-0.2, -0.15) is 0 Å². The minimum Gasteiger partial charge on any atom is -0.508 e. The standard InChI is InChI=1S/C25H26N4O5/c1-14(20(25(33)34-2)12-19-11-17(23(26)27)7-9-21(19)30)29-24(32)16-5-3-15(4-6-16)18-8-10-22(31)28-13-18/h3-11,13-14,20,30H,12H2,1-2H3,(H3,26,27)(H,28,31)(H,29,32). The number of nitrogens with one attached hydrogen (secondary N) is 3. The van der Waals surface area contributed by atoms with Crippen molar-refractivity contribution in [1.29, 1.82) is 5.41 Å². The van der Waals surface area contributed by atoms with Crippen LogP contribution in [0.25, 0.3) is 11.1 Å². The Morgan fingerprint density at radius 3 is 2.32 bits per heavy atom. The van der Waals surface area contributed by atoms with Crippen molar-refractivity contribution in [3.05, 3.63) is 87.8 Å². The van der Waals surface area contributed by atoms with E-state index in [1.807, 2.05) is 0 Å². The second kappa shape index (κ2) is 10.5. The summed E-state index contributed by atoms with van der Waals surface area (Å²) in [4.78, 5) is 39.1. The number of benzene rings is 2. The molecule has 2 aromatic carbocycles. The largest absolute Gasteiger partial charge is 0.508 e. The molecule has 9 nitrogen and oxygen atoms in total. The van der Waals surface area contributed by atoms with Gasteiger partial charge in [-0.15, -0.1) is 0 Å². The van der Waals surface area contributed by atoms with E-state index in [4.69, 9.17) is 15.9 Å². The monoisotopic (exact) mass is 462 g/mol. The smallest absolute Gasteiger partial charge is 0.311 e. The number of ether oxygens (including phenoxy) is 1. The van der Waals surface area contributed by atoms with E-state index in [2.05, 4.69) is 10.3 Å². The predicted molar refractivity (Wildman–Crippen MR) is 128 cm³/mol. The molecule has 0 aliphatic heterocycles. The van der Waals surface area contributed by atoms with Crippen LogP contribution in [0.1, 0.15) is 28.4 Å². The molecule has 2 unspecified atom stereocenters. The average molecular weight is 463 g/mol. The molecule has 9 heteroatoms. The molecule has 0 fully saturated rings. The van der Waals surface area contributed by atoms with Crippen LogP contribution in [0.5, 0.6) is 5.75 Å². The molecule has 0 saturated heterocycles.